The summed E-state index contributed by atoms with van der Waals surface area (Å²) < 4.78 is 0. The minimum atomic E-state index is -0.914. The zero-order chi connectivity index (χ0) is 15.1. The van der Waals surface area contributed by atoms with Crippen LogP contribution in [0.25, 0.3) is 0 Å². The van der Waals surface area contributed by atoms with Crippen LogP contribution in [-0.4, -0.2) is 58.4 Å². The highest BCUT2D eigenvalue weighted by Gasteiger charge is 2.36. The number of hydrogen-bond donors (Lipinski definition) is 1. The standard InChI is InChI=1S/C15H22N4O2/c1-9-10(2)16-17-14(13(9)15(20)21)19-7-6-11-4-5-12(8-19)18(11)3/h11-12H,4-8H2,1-3H3,(H,20,21). The minimum Gasteiger partial charge on any atom is -0.478 e. The highest BCUT2D eigenvalue weighted by molar-refractivity contribution is 5.95. The zero-order valence-electron chi connectivity index (χ0n) is 12.8. The summed E-state index contributed by atoms with van der Waals surface area (Å²) in [6.45, 7) is 5.30. The molecule has 2 fully saturated rings. The number of anilines is 1. The summed E-state index contributed by atoms with van der Waals surface area (Å²) in [6, 6.07) is 1.11. The van der Waals surface area contributed by atoms with E-state index in [4.69, 9.17) is 0 Å². The van der Waals surface area contributed by atoms with Crippen LogP contribution >= 0.6 is 0 Å². The summed E-state index contributed by atoms with van der Waals surface area (Å²) >= 11 is 0. The maximum Gasteiger partial charge on any atom is 0.339 e. The van der Waals surface area contributed by atoms with Crippen LogP contribution in [0.15, 0.2) is 0 Å². The third-order valence-electron chi connectivity index (χ3n) is 5.10. The SMILES string of the molecule is Cc1nnc(N2CCC3CCC(C2)N3C)c(C(=O)O)c1C. The molecule has 2 aliphatic heterocycles. The van der Waals surface area contributed by atoms with Crippen molar-refractivity contribution >= 4 is 11.8 Å². The molecule has 114 valence electrons. The number of carbonyl (C=O) groups is 1. The summed E-state index contributed by atoms with van der Waals surface area (Å²) in [5.41, 5.74) is 1.71. The van der Waals surface area contributed by atoms with E-state index in [-0.39, 0.29) is 0 Å². The first-order valence-corrected chi connectivity index (χ1v) is 7.53. The minimum absolute atomic E-state index is 0.308. The fourth-order valence-electron chi connectivity index (χ4n) is 3.57. The molecule has 2 bridgehead atoms. The normalized spacial score (nSPS) is 26.0. The van der Waals surface area contributed by atoms with E-state index in [1.54, 1.807) is 6.92 Å². The van der Waals surface area contributed by atoms with Gasteiger partial charge in [-0.3, -0.25) is 4.90 Å². The van der Waals surface area contributed by atoms with Crippen molar-refractivity contribution in [3.05, 3.63) is 16.8 Å². The monoisotopic (exact) mass is 290 g/mol. The number of aryl methyl sites for hydroxylation is 1. The first-order chi connectivity index (χ1) is 9.99. The topological polar surface area (TPSA) is 69.6 Å². The average Bonchev–Trinajstić information content (AvgIpc) is 2.66. The van der Waals surface area contributed by atoms with Crippen molar-refractivity contribution in [2.45, 2.75) is 45.2 Å². The Labute approximate surface area is 124 Å². The first kappa shape index (κ1) is 14.3. The average molecular weight is 290 g/mol. The van der Waals surface area contributed by atoms with E-state index in [0.29, 0.717) is 29.2 Å². The molecule has 2 saturated heterocycles. The maximum absolute atomic E-state index is 11.6. The molecule has 6 heteroatoms. The fourth-order valence-corrected chi connectivity index (χ4v) is 3.57. The Morgan fingerprint density at radius 1 is 1.19 bits per heavy atom. The van der Waals surface area contributed by atoms with Crippen molar-refractivity contribution in [3.63, 3.8) is 0 Å². The third kappa shape index (κ3) is 2.37. The van der Waals surface area contributed by atoms with Crippen LogP contribution in [0.2, 0.25) is 0 Å². The number of aromatic carboxylic acids is 1. The van der Waals surface area contributed by atoms with Gasteiger partial charge in [-0.2, -0.15) is 5.10 Å². The van der Waals surface area contributed by atoms with Gasteiger partial charge < -0.3 is 10.0 Å². The van der Waals surface area contributed by atoms with Crippen molar-refractivity contribution in [2.75, 3.05) is 25.0 Å². The van der Waals surface area contributed by atoms with Gasteiger partial charge in [0, 0.05) is 25.2 Å². The molecule has 2 atom stereocenters. The van der Waals surface area contributed by atoms with Crippen molar-refractivity contribution < 1.29 is 9.90 Å². The molecule has 2 aliphatic rings. The lowest BCUT2D eigenvalue weighted by molar-refractivity contribution is 0.0696. The van der Waals surface area contributed by atoms with Gasteiger partial charge in [0.1, 0.15) is 5.56 Å². The quantitative estimate of drug-likeness (QED) is 0.889. The Bertz CT molecular complexity index is 575. The van der Waals surface area contributed by atoms with Crippen LogP contribution in [0.5, 0.6) is 0 Å². The Kier molecular flexibility index (Phi) is 3.57. The van der Waals surface area contributed by atoms with Gasteiger partial charge in [0.25, 0.3) is 0 Å². The molecule has 3 heterocycles. The molecule has 0 aromatic carbocycles. The summed E-state index contributed by atoms with van der Waals surface area (Å²) in [7, 11) is 2.18. The molecular weight excluding hydrogens is 268 g/mol. The molecule has 1 N–H and O–H groups in total. The van der Waals surface area contributed by atoms with Crippen LogP contribution in [0.4, 0.5) is 5.82 Å². The van der Waals surface area contributed by atoms with E-state index in [9.17, 15) is 9.90 Å². The summed E-state index contributed by atoms with van der Waals surface area (Å²) in [5, 5.41) is 17.9. The Hall–Kier alpha value is -1.69. The second kappa shape index (κ2) is 5.26. The maximum atomic E-state index is 11.6. The number of aromatic nitrogens is 2. The zero-order valence-corrected chi connectivity index (χ0v) is 12.8. The second-order valence-corrected chi connectivity index (χ2v) is 6.20. The molecule has 0 radical (unpaired) electrons. The van der Waals surface area contributed by atoms with Gasteiger partial charge in [-0.1, -0.05) is 0 Å². The van der Waals surface area contributed by atoms with Gasteiger partial charge in [0.15, 0.2) is 5.82 Å². The van der Waals surface area contributed by atoms with Crippen LogP contribution in [0.1, 0.15) is 40.9 Å². The van der Waals surface area contributed by atoms with Gasteiger partial charge in [-0.25, -0.2) is 4.79 Å². The number of fused-ring (bicyclic) bond motifs is 2. The summed E-state index contributed by atoms with van der Waals surface area (Å²) in [5.74, 6) is -0.380. The lowest BCUT2D eigenvalue weighted by atomic mass is 10.1. The van der Waals surface area contributed by atoms with Crippen molar-refractivity contribution in [2.24, 2.45) is 0 Å². The molecule has 6 nitrogen and oxygen atoms in total. The second-order valence-electron chi connectivity index (χ2n) is 6.20. The molecule has 0 aliphatic carbocycles. The predicted molar refractivity (Wildman–Crippen MR) is 79.9 cm³/mol. The number of rotatable bonds is 2. The van der Waals surface area contributed by atoms with Gasteiger partial charge in [-0.05, 0) is 45.7 Å². The van der Waals surface area contributed by atoms with Crippen molar-refractivity contribution in [1.82, 2.24) is 15.1 Å². The Morgan fingerprint density at radius 2 is 1.90 bits per heavy atom. The molecule has 1 aromatic rings. The lowest BCUT2D eigenvalue weighted by Gasteiger charge is -2.27. The van der Waals surface area contributed by atoms with Gasteiger partial charge in [-0.15, -0.1) is 5.10 Å². The Balaban J connectivity index is 1.97. The highest BCUT2D eigenvalue weighted by Crippen LogP contribution is 2.31. The van der Waals surface area contributed by atoms with Crippen LogP contribution in [-0.2, 0) is 0 Å². The van der Waals surface area contributed by atoms with Crippen LogP contribution in [0.3, 0.4) is 0 Å². The highest BCUT2D eigenvalue weighted by atomic mass is 16.4. The molecule has 0 amide bonds. The van der Waals surface area contributed by atoms with E-state index >= 15 is 0 Å². The van der Waals surface area contributed by atoms with E-state index in [1.807, 2.05) is 6.92 Å². The van der Waals surface area contributed by atoms with Crippen LogP contribution < -0.4 is 4.90 Å². The van der Waals surface area contributed by atoms with Gasteiger partial charge in [0.05, 0.1) is 5.69 Å². The van der Waals surface area contributed by atoms with E-state index in [0.717, 1.165) is 25.1 Å². The molecule has 21 heavy (non-hydrogen) atoms. The molecule has 1 aromatic heterocycles. The Morgan fingerprint density at radius 3 is 2.62 bits per heavy atom. The lowest BCUT2D eigenvalue weighted by Crippen LogP contribution is -2.37. The first-order valence-electron chi connectivity index (χ1n) is 7.53. The number of likely N-dealkylation sites (N-methyl/N-ethyl adjacent to an activating group) is 1. The summed E-state index contributed by atoms with van der Waals surface area (Å²) in [4.78, 5) is 16.2. The third-order valence-corrected chi connectivity index (χ3v) is 5.10. The number of carboxylic acids is 1. The molecule has 0 spiro atoms. The fraction of sp³-hybridized carbons (Fsp3) is 0.667. The molecular formula is C15H22N4O2. The number of nitrogens with zero attached hydrogens (tertiary/aromatic N) is 4. The van der Waals surface area contributed by atoms with E-state index < -0.39 is 5.97 Å². The van der Waals surface area contributed by atoms with Gasteiger partial charge in [0.2, 0.25) is 0 Å². The predicted octanol–water partition coefficient (Wildman–Crippen LogP) is 1.46. The number of hydrogen-bond acceptors (Lipinski definition) is 5. The number of carboxylic acid groups (broad SMARTS) is 1. The van der Waals surface area contributed by atoms with Crippen molar-refractivity contribution in [1.29, 1.82) is 0 Å². The van der Waals surface area contributed by atoms with E-state index in [1.165, 1.54) is 12.8 Å². The molecule has 2 unspecified atom stereocenters. The molecule has 0 saturated carbocycles. The van der Waals surface area contributed by atoms with Crippen LogP contribution in [0, 0.1) is 13.8 Å². The van der Waals surface area contributed by atoms with Crippen molar-refractivity contribution in [3.8, 4) is 0 Å². The largest absolute Gasteiger partial charge is 0.478 e. The van der Waals surface area contributed by atoms with Gasteiger partial charge >= 0.3 is 5.97 Å². The smallest absolute Gasteiger partial charge is 0.339 e. The molecule has 3 rings (SSSR count). The summed E-state index contributed by atoms with van der Waals surface area (Å²) in [6.07, 6.45) is 3.48. The van der Waals surface area contributed by atoms with E-state index in [2.05, 4.69) is 27.0 Å².